The minimum atomic E-state index is -0.0687. The van der Waals surface area contributed by atoms with Crippen LogP contribution >= 0.6 is 0 Å². The number of carbonyl (C=O) groups excluding carboxylic acids is 1. The molecule has 2 heterocycles. The topological polar surface area (TPSA) is 65.4 Å². The van der Waals surface area contributed by atoms with E-state index in [1.165, 1.54) is 12.8 Å². The molecule has 1 aliphatic carbocycles. The van der Waals surface area contributed by atoms with Gasteiger partial charge in [0.25, 0.3) is 5.91 Å². The Balaban J connectivity index is 1.47. The van der Waals surface area contributed by atoms with E-state index in [1.54, 1.807) is 13.3 Å². The molecule has 1 aromatic heterocycles. The molecule has 1 saturated carbocycles. The molecule has 0 atom stereocenters. The molecule has 2 aromatic rings. The molecule has 144 valence electrons. The first-order chi connectivity index (χ1) is 13.2. The Morgan fingerprint density at radius 1 is 1.26 bits per heavy atom. The van der Waals surface area contributed by atoms with Crippen LogP contribution in [0, 0.1) is 0 Å². The molecule has 1 amide bonds. The van der Waals surface area contributed by atoms with E-state index in [0.29, 0.717) is 12.1 Å². The zero-order valence-corrected chi connectivity index (χ0v) is 15.9. The van der Waals surface area contributed by atoms with E-state index in [-0.39, 0.29) is 12.0 Å². The van der Waals surface area contributed by atoms with Gasteiger partial charge >= 0.3 is 0 Å². The highest BCUT2D eigenvalue weighted by molar-refractivity contribution is 5.95. The van der Waals surface area contributed by atoms with Crippen LogP contribution in [0.15, 0.2) is 24.4 Å². The van der Waals surface area contributed by atoms with Crippen LogP contribution in [0.25, 0.3) is 0 Å². The fraction of sp³-hybridized carbons (Fsp3) is 0.524. The number of nitrogens with zero attached hydrogens (tertiary/aromatic N) is 2. The molecule has 0 radical (unpaired) electrons. The van der Waals surface area contributed by atoms with Gasteiger partial charge in [0.05, 0.1) is 30.7 Å². The van der Waals surface area contributed by atoms with E-state index in [2.05, 4.69) is 10.4 Å². The largest absolute Gasteiger partial charge is 0.497 e. The van der Waals surface area contributed by atoms with Gasteiger partial charge in [0.15, 0.2) is 0 Å². The van der Waals surface area contributed by atoms with E-state index in [9.17, 15) is 4.79 Å². The monoisotopic (exact) mass is 369 g/mol. The van der Waals surface area contributed by atoms with Crippen molar-refractivity contribution in [1.82, 2.24) is 15.1 Å². The number of ether oxygens (including phenoxy) is 2. The highest BCUT2D eigenvalue weighted by Gasteiger charge is 2.21. The lowest BCUT2D eigenvalue weighted by Gasteiger charge is -2.18. The SMILES string of the molecule is COc1ccc(CNC(=O)c2cnn3c2CCCC3)c(OC2CCCC2)c1. The van der Waals surface area contributed by atoms with E-state index in [0.717, 1.165) is 61.4 Å². The van der Waals surface area contributed by atoms with Crippen LogP contribution in [0.4, 0.5) is 0 Å². The normalized spacial score (nSPS) is 16.8. The quantitative estimate of drug-likeness (QED) is 0.847. The van der Waals surface area contributed by atoms with Crippen LogP contribution in [-0.2, 0) is 19.5 Å². The van der Waals surface area contributed by atoms with Crippen LogP contribution in [-0.4, -0.2) is 28.9 Å². The molecule has 1 N–H and O–H groups in total. The van der Waals surface area contributed by atoms with Gasteiger partial charge in [-0.25, -0.2) is 0 Å². The minimum absolute atomic E-state index is 0.0687. The van der Waals surface area contributed by atoms with Crippen molar-refractivity contribution in [3.8, 4) is 11.5 Å². The van der Waals surface area contributed by atoms with Crippen molar-refractivity contribution < 1.29 is 14.3 Å². The summed E-state index contributed by atoms with van der Waals surface area (Å²) < 4.78 is 13.5. The van der Waals surface area contributed by atoms with Crippen molar-refractivity contribution in [2.24, 2.45) is 0 Å². The fourth-order valence-electron chi connectivity index (χ4n) is 3.98. The zero-order valence-electron chi connectivity index (χ0n) is 15.9. The first-order valence-corrected chi connectivity index (χ1v) is 9.91. The van der Waals surface area contributed by atoms with Crippen LogP contribution in [0.2, 0.25) is 0 Å². The summed E-state index contributed by atoms with van der Waals surface area (Å²) in [5, 5.41) is 7.40. The van der Waals surface area contributed by atoms with Gasteiger partial charge in [0, 0.05) is 24.7 Å². The maximum Gasteiger partial charge on any atom is 0.255 e. The van der Waals surface area contributed by atoms with Crippen LogP contribution in [0.1, 0.15) is 60.1 Å². The second-order valence-corrected chi connectivity index (χ2v) is 7.37. The van der Waals surface area contributed by atoms with Crippen LogP contribution < -0.4 is 14.8 Å². The Morgan fingerprint density at radius 2 is 2.11 bits per heavy atom. The molecule has 0 bridgehead atoms. The molecule has 0 spiro atoms. The highest BCUT2D eigenvalue weighted by atomic mass is 16.5. The summed E-state index contributed by atoms with van der Waals surface area (Å²) in [4.78, 5) is 12.7. The first kappa shape index (κ1) is 17.9. The molecule has 6 heteroatoms. The predicted molar refractivity (Wildman–Crippen MR) is 102 cm³/mol. The number of aromatic nitrogens is 2. The lowest BCUT2D eigenvalue weighted by molar-refractivity contribution is 0.0949. The Morgan fingerprint density at radius 3 is 2.93 bits per heavy atom. The molecule has 27 heavy (non-hydrogen) atoms. The second-order valence-electron chi connectivity index (χ2n) is 7.37. The van der Waals surface area contributed by atoms with Crippen LogP contribution in [0.5, 0.6) is 11.5 Å². The number of aryl methyl sites for hydroxylation is 1. The van der Waals surface area contributed by atoms with Gasteiger partial charge in [-0.1, -0.05) is 0 Å². The Bertz CT molecular complexity index is 809. The van der Waals surface area contributed by atoms with E-state index < -0.39 is 0 Å². The summed E-state index contributed by atoms with van der Waals surface area (Å²) in [7, 11) is 1.65. The summed E-state index contributed by atoms with van der Waals surface area (Å²) >= 11 is 0. The number of nitrogens with one attached hydrogen (secondary N) is 1. The molecule has 2 aliphatic rings. The summed E-state index contributed by atoms with van der Waals surface area (Å²) in [5.41, 5.74) is 2.72. The summed E-state index contributed by atoms with van der Waals surface area (Å²) in [5.74, 6) is 1.50. The number of methoxy groups -OCH3 is 1. The van der Waals surface area contributed by atoms with Gasteiger partial charge in [0.2, 0.25) is 0 Å². The lowest BCUT2D eigenvalue weighted by atomic mass is 10.1. The first-order valence-electron chi connectivity index (χ1n) is 9.91. The van der Waals surface area contributed by atoms with Gasteiger partial charge in [-0.3, -0.25) is 9.48 Å². The maximum absolute atomic E-state index is 12.7. The van der Waals surface area contributed by atoms with Crippen molar-refractivity contribution in [2.45, 2.75) is 64.1 Å². The third-order valence-electron chi connectivity index (χ3n) is 5.54. The second kappa shape index (κ2) is 8.03. The number of hydrogen-bond donors (Lipinski definition) is 1. The molecular weight excluding hydrogens is 342 g/mol. The van der Waals surface area contributed by atoms with E-state index in [4.69, 9.17) is 9.47 Å². The van der Waals surface area contributed by atoms with Crippen molar-refractivity contribution in [3.05, 3.63) is 41.2 Å². The number of fused-ring (bicyclic) bond motifs is 1. The molecule has 1 fully saturated rings. The van der Waals surface area contributed by atoms with Gasteiger partial charge in [-0.15, -0.1) is 0 Å². The minimum Gasteiger partial charge on any atom is -0.497 e. The highest BCUT2D eigenvalue weighted by Crippen LogP contribution is 2.30. The molecular formula is C21H27N3O3. The van der Waals surface area contributed by atoms with Gasteiger partial charge in [-0.05, 0) is 57.1 Å². The molecule has 1 aliphatic heterocycles. The molecule has 6 nitrogen and oxygen atoms in total. The van der Waals surface area contributed by atoms with E-state index in [1.807, 2.05) is 22.9 Å². The number of hydrogen-bond acceptors (Lipinski definition) is 4. The maximum atomic E-state index is 12.7. The standard InChI is InChI=1S/C21H27N3O3/c1-26-17-10-9-15(20(12-17)27-16-6-2-3-7-16)13-22-21(25)18-14-23-24-11-5-4-8-19(18)24/h9-10,12,14,16H,2-8,11,13H2,1H3,(H,22,25). The summed E-state index contributed by atoms with van der Waals surface area (Å²) in [6, 6.07) is 5.79. The van der Waals surface area contributed by atoms with Gasteiger partial charge < -0.3 is 14.8 Å². The van der Waals surface area contributed by atoms with Crippen molar-refractivity contribution >= 4 is 5.91 Å². The Labute approximate surface area is 159 Å². The summed E-state index contributed by atoms with van der Waals surface area (Å²) in [6.45, 7) is 1.33. The predicted octanol–water partition coefficient (Wildman–Crippen LogP) is 3.48. The van der Waals surface area contributed by atoms with Crippen LogP contribution in [0.3, 0.4) is 0 Å². The summed E-state index contributed by atoms with van der Waals surface area (Å²) in [6.07, 6.45) is 9.72. The number of benzene rings is 1. The van der Waals surface area contributed by atoms with E-state index >= 15 is 0 Å². The molecule has 4 rings (SSSR count). The average Bonchev–Trinajstić information content (AvgIpc) is 3.36. The number of amides is 1. The third-order valence-corrected chi connectivity index (χ3v) is 5.54. The van der Waals surface area contributed by atoms with Crippen molar-refractivity contribution in [2.75, 3.05) is 7.11 Å². The third kappa shape index (κ3) is 3.94. The van der Waals surface area contributed by atoms with Gasteiger partial charge in [0.1, 0.15) is 11.5 Å². The molecule has 0 unspecified atom stereocenters. The van der Waals surface area contributed by atoms with Crippen molar-refractivity contribution in [1.29, 1.82) is 0 Å². The molecule has 0 saturated heterocycles. The zero-order chi connectivity index (χ0) is 18.6. The van der Waals surface area contributed by atoms with Crippen molar-refractivity contribution in [3.63, 3.8) is 0 Å². The Hall–Kier alpha value is -2.50. The number of rotatable bonds is 6. The fourth-order valence-corrected chi connectivity index (χ4v) is 3.98. The van der Waals surface area contributed by atoms with Gasteiger partial charge in [-0.2, -0.15) is 5.10 Å². The lowest BCUT2D eigenvalue weighted by Crippen LogP contribution is -2.25. The number of carbonyl (C=O) groups is 1. The smallest absolute Gasteiger partial charge is 0.255 e. The Kier molecular flexibility index (Phi) is 5.32. The average molecular weight is 369 g/mol. The molecule has 1 aromatic carbocycles.